The normalized spacial score (nSPS) is 11.2. The lowest BCUT2D eigenvalue weighted by atomic mass is 10.2. The van der Waals surface area contributed by atoms with E-state index in [2.05, 4.69) is 12.2 Å². The predicted octanol–water partition coefficient (Wildman–Crippen LogP) is 5.21. The Labute approximate surface area is 132 Å². The van der Waals surface area contributed by atoms with Gasteiger partial charge in [-0.1, -0.05) is 48.6 Å². The van der Waals surface area contributed by atoms with E-state index in [9.17, 15) is 0 Å². The Bertz CT molecular complexity index is 550. The highest BCUT2D eigenvalue weighted by atomic mass is 16.5. The molecule has 0 amide bonds. The van der Waals surface area contributed by atoms with Gasteiger partial charge in [-0.15, -0.1) is 0 Å². The Hall–Kier alpha value is -2.48. The van der Waals surface area contributed by atoms with Gasteiger partial charge in [-0.2, -0.15) is 0 Å². The lowest BCUT2D eigenvalue weighted by molar-refractivity contribution is 0.340. The number of hydrogen-bond donors (Lipinski definition) is 0. The van der Waals surface area contributed by atoms with Gasteiger partial charge < -0.3 is 9.47 Å². The average molecular weight is 294 g/mol. The third-order valence-corrected chi connectivity index (χ3v) is 3.07. The topological polar surface area (TPSA) is 18.5 Å². The van der Waals surface area contributed by atoms with Crippen LogP contribution in [0.25, 0.3) is 12.2 Å². The minimum atomic E-state index is 0.694. The van der Waals surface area contributed by atoms with Gasteiger partial charge >= 0.3 is 0 Å². The minimum absolute atomic E-state index is 0.694. The molecule has 114 valence electrons. The van der Waals surface area contributed by atoms with Crippen LogP contribution < -0.4 is 9.47 Å². The van der Waals surface area contributed by atoms with Gasteiger partial charge in [-0.3, -0.25) is 0 Å². The molecular weight excluding hydrogens is 272 g/mol. The number of hydrogen-bond acceptors (Lipinski definition) is 2. The van der Waals surface area contributed by atoms with Gasteiger partial charge in [0.1, 0.15) is 11.5 Å². The lowest BCUT2D eigenvalue weighted by Crippen LogP contribution is -1.90. The molecule has 0 unspecified atom stereocenters. The first-order valence-corrected chi connectivity index (χ1v) is 7.62. The maximum atomic E-state index is 5.42. The first kappa shape index (κ1) is 15.9. The Balaban J connectivity index is 1.90. The molecule has 0 aliphatic carbocycles. The Morgan fingerprint density at radius 3 is 1.32 bits per heavy atom. The molecule has 0 N–H and O–H groups in total. The molecule has 2 nitrogen and oxygen atoms in total. The fourth-order valence-electron chi connectivity index (χ4n) is 2.02. The molecular formula is C20H22O2. The van der Waals surface area contributed by atoms with Crippen molar-refractivity contribution in [3.05, 3.63) is 71.8 Å². The zero-order valence-corrected chi connectivity index (χ0v) is 13.2. The summed E-state index contributed by atoms with van der Waals surface area (Å²) in [6.45, 7) is 5.36. The highest BCUT2D eigenvalue weighted by Gasteiger charge is 1.92. The van der Waals surface area contributed by atoms with Crippen LogP contribution in [0.2, 0.25) is 0 Å². The van der Waals surface area contributed by atoms with E-state index in [-0.39, 0.29) is 0 Å². The molecule has 2 aromatic rings. The number of allylic oxidation sites excluding steroid dienone is 2. The molecule has 0 spiro atoms. The summed E-state index contributed by atoms with van der Waals surface area (Å²) >= 11 is 0. The van der Waals surface area contributed by atoms with E-state index >= 15 is 0 Å². The van der Waals surface area contributed by atoms with E-state index in [0.717, 1.165) is 22.6 Å². The Morgan fingerprint density at radius 2 is 1.00 bits per heavy atom. The van der Waals surface area contributed by atoms with Crippen LogP contribution in [0, 0.1) is 0 Å². The Morgan fingerprint density at radius 1 is 0.636 bits per heavy atom. The van der Waals surface area contributed by atoms with E-state index in [1.54, 1.807) is 0 Å². The summed E-state index contributed by atoms with van der Waals surface area (Å²) in [5.41, 5.74) is 2.31. The largest absolute Gasteiger partial charge is 0.494 e. The van der Waals surface area contributed by atoms with E-state index in [1.165, 1.54) is 0 Å². The molecule has 0 aromatic heterocycles. The molecule has 0 bridgehead atoms. The highest BCUT2D eigenvalue weighted by molar-refractivity contribution is 5.58. The molecule has 0 aliphatic rings. The predicted molar refractivity (Wildman–Crippen MR) is 93.3 cm³/mol. The Kier molecular flexibility index (Phi) is 6.31. The van der Waals surface area contributed by atoms with E-state index in [4.69, 9.17) is 9.47 Å². The minimum Gasteiger partial charge on any atom is -0.494 e. The van der Waals surface area contributed by atoms with E-state index in [0.29, 0.717) is 13.2 Å². The van der Waals surface area contributed by atoms with Crippen LogP contribution in [-0.2, 0) is 0 Å². The molecule has 2 rings (SSSR count). The summed E-state index contributed by atoms with van der Waals surface area (Å²) in [6, 6.07) is 16.1. The van der Waals surface area contributed by atoms with Crippen molar-refractivity contribution in [2.24, 2.45) is 0 Å². The second-order valence-electron chi connectivity index (χ2n) is 4.72. The summed E-state index contributed by atoms with van der Waals surface area (Å²) in [5.74, 6) is 1.81. The summed E-state index contributed by atoms with van der Waals surface area (Å²) in [7, 11) is 0. The number of ether oxygens (including phenoxy) is 2. The molecule has 0 heterocycles. The van der Waals surface area contributed by atoms with Gasteiger partial charge in [0.25, 0.3) is 0 Å². The molecule has 2 heteroatoms. The number of benzene rings is 2. The van der Waals surface area contributed by atoms with Crippen molar-refractivity contribution in [3.8, 4) is 11.5 Å². The van der Waals surface area contributed by atoms with Crippen molar-refractivity contribution in [1.29, 1.82) is 0 Å². The fourth-order valence-corrected chi connectivity index (χ4v) is 2.02. The lowest BCUT2D eigenvalue weighted by Gasteiger charge is -2.02. The zero-order chi connectivity index (χ0) is 15.6. The van der Waals surface area contributed by atoms with Gasteiger partial charge in [0.05, 0.1) is 13.2 Å². The molecule has 0 saturated carbocycles. The van der Waals surface area contributed by atoms with Crippen molar-refractivity contribution in [3.63, 3.8) is 0 Å². The standard InChI is InChI=1S/C20H22O2/c1-3-21-19-13-9-17(10-14-19)7-5-6-8-18-11-15-20(16-12-18)22-4-2/h5-16H,3-4H2,1-2H3. The van der Waals surface area contributed by atoms with Gasteiger partial charge in [-0.25, -0.2) is 0 Å². The monoisotopic (exact) mass is 294 g/mol. The van der Waals surface area contributed by atoms with Gasteiger partial charge in [-0.05, 0) is 49.2 Å². The highest BCUT2D eigenvalue weighted by Crippen LogP contribution is 2.14. The molecule has 22 heavy (non-hydrogen) atoms. The van der Waals surface area contributed by atoms with Crippen molar-refractivity contribution < 1.29 is 9.47 Å². The maximum Gasteiger partial charge on any atom is 0.119 e. The fraction of sp³-hybridized carbons (Fsp3) is 0.200. The summed E-state index contributed by atoms with van der Waals surface area (Å²) in [4.78, 5) is 0. The third-order valence-electron chi connectivity index (χ3n) is 3.07. The smallest absolute Gasteiger partial charge is 0.119 e. The van der Waals surface area contributed by atoms with E-state index < -0.39 is 0 Å². The first-order valence-electron chi connectivity index (χ1n) is 7.62. The van der Waals surface area contributed by atoms with Crippen molar-refractivity contribution in [2.75, 3.05) is 13.2 Å². The quantitative estimate of drug-likeness (QED) is 0.653. The van der Waals surface area contributed by atoms with Gasteiger partial charge in [0, 0.05) is 0 Å². The molecule has 0 radical (unpaired) electrons. The molecule has 0 fully saturated rings. The summed E-state index contributed by atoms with van der Waals surface area (Å²) in [6.07, 6.45) is 8.21. The van der Waals surface area contributed by atoms with Crippen LogP contribution in [0.15, 0.2) is 60.7 Å². The molecule has 0 atom stereocenters. The van der Waals surface area contributed by atoms with Crippen molar-refractivity contribution in [1.82, 2.24) is 0 Å². The molecule has 0 saturated heterocycles. The van der Waals surface area contributed by atoms with Gasteiger partial charge in [0.15, 0.2) is 0 Å². The number of rotatable bonds is 7. The zero-order valence-electron chi connectivity index (χ0n) is 13.2. The summed E-state index contributed by atoms with van der Waals surface area (Å²) < 4.78 is 10.8. The van der Waals surface area contributed by atoms with Crippen LogP contribution >= 0.6 is 0 Å². The van der Waals surface area contributed by atoms with Crippen LogP contribution in [0.3, 0.4) is 0 Å². The third kappa shape index (κ3) is 5.13. The van der Waals surface area contributed by atoms with E-state index in [1.807, 2.05) is 74.5 Å². The second kappa shape index (κ2) is 8.73. The van der Waals surface area contributed by atoms with Crippen LogP contribution in [0.4, 0.5) is 0 Å². The summed E-state index contributed by atoms with van der Waals surface area (Å²) in [5, 5.41) is 0. The van der Waals surface area contributed by atoms with Crippen molar-refractivity contribution >= 4 is 12.2 Å². The average Bonchev–Trinajstić information content (AvgIpc) is 2.55. The maximum absolute atomic E-state index is 5.42. The van der Waals surface area contributed by atoms with Crippen LogP contribution in [-0.4, -0.2) is 13.2 Å². The van der Waals surface area contributed by atoms with Crippen LogP contribution in [0.5, 0.6) is 11.5 Å². The first-order chi connectivity index (χ1) is 10.8. The molecule has 2 aromatic carbocycles. The second-order valence-corrected chi connectivity index (χ2v) is 4.72. The SMILES string of the molecule is CCOc1ccc(C=CC=Cc2ccc(OCC)cc2)cc1. The molecule has 0 aliphatic heterocycles. The van der Waals surface area contributed by atoms with Gasteiger partial charge in [0.2, 0.25) is 0 Å². The van der Waals surface area contributed by atoms with Crippen molar-refractivity contribution in [2.45, 2.75) is 13.8 Å². The van der Waals surface area contributed by atoms with Crippen LogP contribution in [0.1, 0.15) is 25.0 Å².